The zero-order valence-electron chi connectivity index (χ0n) is 42.5. The van der Waals surface area contributed by atoms with Gasteiger partial charge in [0.1, 0.15) is 6.10 Å². The van der Waals surface area contributed by atoms with Crippen molar-refractivity contribution in [3.05, 3.63) is 122 Å². The van der Waals surface area contributed by atoms with Gasteiger partial charge in [-0.05, 0) is 77.0 Å². The highest BCUT2D eigenvalue weighted by Crippen LogP contribution is 2.17. The third-order valence-electron chi connectivity index (χ3n) is 11.4. The van der Waals surface area contributed by atoms with Crippen LogP contribution in [0, 0.1) is 0 Å². The number of esters is 1. The number of aliphatic hydroxyl groups is 2. The highest BCUT2D eigenvalue weighted by Gasteiger charge is 2.24. The van der Waals surface area contributed by atoms with Crippen LogP contribution in [-0.4, -0.2) is 46.9 Å². The van der Waals surface area contributed by atoms with Gasteiger partial charge in [0.05, 0.1) is 25.2 Å². The molecule has 0 aromatic carbocycles. The third-order valence-corrected chi connectivity index (χ3v) is 11.4. The fourth-order valence-electron chi connectivity index (χ4n) is 7.43. The van der Waals surface area contributed by atoms with Crippen LogP contribution >= 0.6 is 0 Å². The van der Waals surface area contributed by atoms with E-state index >= 15 is 0 Å². The summed E-state index contributed by atoms with van der Waals surface area (Å²) >= 11 is 0. The number of hydrogen-bond acceptors (Lipinski definition) is 5. The number of nitrogens with one attached hydrogen (secondary N) is 1. The Morgan fingerprint density at radius 1 is 0.470 bits per heavy atom. The van der Waals surface area contributed by atoms with Crippen LogP contribution in [0.3, 0.4) is 0 Å². The van der Waals surface area contributed by atoms with Gasteiger partial charge in [0.2, 0.25) is 5.91 Å². The van der Waals surface area contributed by atoms with Crippen molar-refractivity contribution < 1.29 is 24.5 Å². The van der Waals surface area contributed by atoms with Gasteiger partial charge >= 0.3 is 5.97 Å². The van der Waals surface area contributed by atoms with Gasteiger partial charge in [-0.2, -0.15) is 0 Å². The van der Waals surface area contributed by atoms with Crippen LogP contribution < -0.4 is 5.32 Å². The molecule has 66 heavy (non-hydrogen) atoms. The first-order chi connectivity index (χ1) is 32.5. The Morgan fingerprint density at radius 3 is 1.38 bits per heavy atom. The summed E-state index contributed by atoms with van der Waals surface area (Å²) in [4.78, 5) is 26.1. The minimum Gasteiger partial charge on any atom is -0.462 e. The second kappa shape index (κ2) is 52.2. The molecule has 3 unspecified atom stereocenters. The average Bonchev–Trinajstić information content (AvgIpc) is 3.31. The number of hydrogen-bond donors (Lipinski definition) is 3. The first-order valence-electron chi connectivity index (χ1n) is 26.8. The van der Waals surface area contributed by atoms with Gasteiger partial charge < -0.3 is 20.3 Å². The smallest absolute Gasteiger partial charge is 0.306 e. The van der Waals surface area contributed by atoms with Crippen LogP contribution in [0.15, 0.2) is 122 Å². The van der Waals surface area contributed by atoms with Crippen molar-refractivity contribution in [2.75, 3.05) is 6.61 Å². The standard InChI is InChI=1S/C60H99NO5/c1-4-7-10-13-16-19-22-25-27-29-31-34-36-39-42-45-48-51-56(66-60(65)53-50-47-44-41-38-33-24-21-18-15-12-9-6-3)54-59(64)61-57(55-62)58(63)52-49-46-43-40-37-35-32-30-28-26-23-20-17-14-11-8-5-2/h7,9-10,12,15-16,18-19,21,24-25,27,31,33-34,38-39,41-42,44,56-58,62-63H,4-6,8,11,13-14,17,20,22-23,26,28-30,32,35-37,40,43,45-55H2,1-3H3,(H,61,64)/b10-7-,12-9+,18-15+,19-16-,24-21-,27-25-,34-31-,38-33-,42-39-,44-41+. The van der Waals surface area contributed by atoms with Gasteiger partial charge in [-0.15, -0.1) is 0 Å². The quantitative estimate of drug-likeness (QED) is 0.0245. The molecule has 0 fully saturated rings. The molecule has 374 valence electrons. The predicted octanol–water partition coefficient (Wildman–Crippen LogP) is 16.5. The molecule has 0 aromatic heterocycles. The fraction of sp³-hybridized carbons (Fsp3) is 0.633. The summed E-state index contributed by atoms with van der Waals surface area (Å²) in [5.41, 5.74) is 0. The molecule has 0 saturated heterocycles. The molecule has 0 aliphatic heterocycles. The third kappa shape index (κ3) is 46.8. The summed E-state index contributed by atoms with van der Waals surface area (Å²) in [6, 6.07) is -0.744. The van der Waals surface area contributed by atoms with Gasteiger partial charge in [0, 0.05) is 6.42 Å². The lowest BCUT2D eigenvalue weighted by atomic mass is 10.0. The molecule has 0 saturated carbocycles. The Kier molecular flexibility index (Phi) is 49.3. The van der Waals surface area contributed by atoms with Crippen molar-refractivity contribution in [1.29, 1.82) is 0 Å². The van der Waals surface area contributed by atoms with E-state index in [-0.39, 0.29) is 31.3 Å². The summed E-state index contributed by atoms with van der Waals surface area (Å²) in [6.07, 6.45) is 72.7. The number of rotatable bonds is 46. The topological polar surface area (TPSA) is 95.9 Å². The summed E-state index contributed by atoms with van der Waals surface area (Å²) in [5, 5.41) is 23.8. The first kappa shape index (κ1) is 62.3. The number of aliphatic hydroxyl groups excluding tert-OH is 2. The monoisotopic (exact) mass is 914 g/mol. The van der Waals surface area contributed by atoms with Gasteiger partial charge in [-0.25, -0.2) is 0 Å². The van der Waals surface area contributed by atoms with Crippen molar-refractivity contribution in [2.45, 2.75) is 238 Å². The normalized spacial score (nSPS) is 14.2. The molecule has 0 rings (SSSR count). The zero-order valence-corrected chi connectivity index (χ0v) is 42.5. The van der Waals surface area contributed by atoms with Crippen LogP contribution in [0.4, 0.5) is 0 Å². The van der Waals surface area contributed by atoms with E-state index in [1.807, 2.05) is 54.7 Å². The predicted molar refractivity (Wildman–Crippen MR) is 286 cm³/mol. The lowest BCUT2D eigenvalue weighted by Crippen LogP contribution is -2.46. The summed E-state index contributed by atoms with van der Waals surface area (Å²) < 4.78 is 5.87. The molecule has 0 spiro atoms. The molecule has 3 N–H and O–H groups in total. The van der Waals surface area contributed by atoms with E-state index in [9.17, 15) is 19.8 Å². The van der Waals surface area contributed by atoms with Crippen molar-refractivity contribution >= 4 is 11.9 Å². The van der Waals surface area contributed by atoms with Crippen molar-refractivity contribution in [1.82, 2.24) is 5.32 Å². The Bertz CT molecular complexity index is 1390. The molecule has 0 bridgehead atoms. The highest BCUT2D eigenvalue weighted by molar-refractivity contribution is 5.77. The maximum absolute atomic E-state index is 13.2. The van der Waals surface area contributed by atoms with Gasteiger partial charge in [-0.1, -0.05) is 251 Å². The fourth-order valence-corrected chi connectivity index (χ4v) is 7.43. The summed E-state index contributed by atoms with van der Waals surface area (Å²) in [5.74, 6) is -0.629. The van der Waals surface area contributed by atoms with Crippen molar-refractivity contribution in [3.63, 3.8) is 0 Å². The number of carbonyl (C=O) groups is 2. The van der Waals surface area contributed by atoms with E-state index in [0.29, 0.717) is 19.3 Å². The largest absolute Gasteiger partial charge is 0.462 e. The molecule has 0 heterocycles. The number of amides is 1. The van der Waals surface area contributed by atoms with E-state index in [2.05, 4.69) is 92.9 Å². The number of allylic oxidation sites excluding steroid dienone is 20. The van der Waals surface area contributed by atoms with Crippen LogP contribution in [0.5, 0.6) is 0 Å². The second-order valence-electron chi connectivity index (χ2n) is 17.6. The minimum absolute atomic E-state index is 0.00203. The van der Waals surface area contributed by atoms with E-state index < -0.39 is 18.2 Å². The number of unbranched alkanes of at least 4 members (excludes halogenated alkanes) is 18. The first-order valence-corrected chi connectivity index (χ1v) is 26.8. The van der Waals surface area contributed by atoms with E-state index in [1.165, 1.54) is 89.9 Å². The molecular formula is C60H99NO5. The van der Waals surface area contributed by atoms with Gasteiger partial charge in [0.25, 0.3) is 0 Å². The average molecular weight is 914 g/mol. The Labute approximate surface area is 406 Å². The lowest BCUT2D eigenvalue weighted by molar-refractivity contribution is -0.151. The van der Waals surface area contributed by atoms with Gasteiger partial charge in [0.15, 0.2) is 0 Å². The van der Waals surface area contributed by atoms with Crippen LogP contribution in [-0.2, 0) is 14.3 Å². The zero-order chi connectivity index (χ0) is 48.1. The number of ether oxygens (including phenoxy) is 1. The summed E-state index contributed by atoms with van der Waals surface area (Å²) in [6.45, 7) is 6.19. The molecular weight excluding hydrogens is 815 g/mol. The van der Waals surface area contributed by atoms with Crippen LogP contribution in [0.1, 0.15) is 220 Å². The molecule has 0 radical (unpaired) electrons. The molecule has 0 aliphatic rings. The molecule has 0 aromatic rings. The maximum atomic E-state index is 13.2. The SMILES string of the molecule is CC/C=C\C/C=C\C/C=C\C/C=C\C/C=C\CCCC(CC(=O)NC(CO)C(O)CCCCCCCCCCCCCCCCCCC)OC(=O)CCC/C=C/C=C\C=C/C=C/C=C/CC. The molecule has 6 nitrogen and oxygen atoms in total. The maximum Gasteiger partial charge on any atom is 0.306 e. The lowest BCUT2D eigenvalue weighted by Gasteiger charge is -2.24. The highest BCUT2D eigenvalue weighted by atomic mass is 16.5. The van der Waals surface area contributed by atoms with Crippen LogP contribution in [0.2, 0.25) is 0 Å². The van der Waals surface area contributed by atoms with E-state index in [0.717, 1.165) is 77.0 Å². The number of carbonyl (C=O) groups excluding carboxylic acids is 2. The second-order valence-corrected chi connectivity index (χ2v) is 17.6. The Hall–Kier alpha value is -3.74. The summed E-state index contributed by atoms with van der Waals surface area (Å²) in [7, 11) is 0. The van der Waals surface area contributed by atoms with Crippen molar-refractivity contribution in [2.24, 2.45) is 0 Å². The van der Waals surface area contributed by atoms with Crippen molar-refractivity contribution in [3.8, 4) is 0 Å². The Balaban J connectivity index is 4.75. The molecule has 3 atom stereocenters. The Morgan fingerprint density at radius 2 is 0.894 bits per heavy atom. The van der Waals surface area contributed by atoms with Crippen LogP contribution in [0.25, 0.3) is 0 Å². The van der Waals surface area contributed by atoms with E-state index in [1.54, 1.807) is 0 Å². The molecule has 6 heteroatoms. The molecule has 0 aliphatic carbocycles. The van der Waals surface area contributed by atoms with Gasteiger partial charge in [-0.3, -0.25) is 9.59 Å². The molecule has 1 amide bonds. The van der Waals surface area contributed by atoms with E-state index in [4.69, 9.17) is 4.74 Å². The minimum atomic E-state index is -0.824.